The molecule has 0 radical (unpaired) electrons. The Morgan fingerprint density at radius 3 is 2.47 bits per heavy atom. The molecule has 98 valence electrons. The number of hydrogen-bond donors (Lipinski definition) is 0. The number of aryl methyl sites for hydroxylation is 1. The fraction of sp³-hybridized carbons (Fsp3) is 0.0714. The summed E-state index contributed by atoms with van der Waals surface area (Å²) in [7, 11) is 0. The molecule has 2 rings (SSSR count). The topological polar surface area (TPSA) is 17.1 Å². The van der Waals surface area contributed by atoms with Crippen LogP contribution in [0.1, 0.15) is 21.5 Å². The Hall–Kier alpha value is -0.710. The average Bonchev–Trinajstić information content (AvgIpc) is 2.36. The molecule has 2 aromatic rings. The van der Waals surface area contributed by atoms with Crippen molar-refractivity contribution in [3.05, 3.63) is 66.8 Å². The highest BCUT2D eigenvalue weighted by Crippen LogP contribution is 2.28. The standard InChI is InChI=1S/C14H8Br2ClFO/c1-7-4-11(16)9(6-10(7)15)14(19)8-2-3-12(17)13(18)5-8/h2-6H,1H3. The van der Waals surface area contributed by atoms with Crippen LogP contribution < -0.4 is 0 Å². The third kappa shape index (κ3) is 3.07. The van der Waals surface area contributed by atoms with Crippen molar-refractivity contribution in [2.75, 3.05) is 0 Å². The molecule has 19 heavy (non-hydrogen) atoms. The molecule has 0 amide bonds. The Bertz CT molecular complexity index is 671. The molecule has 0 atom stereocenters. The van der Waals surface area contributed by atoms with E-state index in [0.29, 0.717) is 10.0 Å². The lowest BCUT2D eigenvalue weighted by molar-refractivity contribution is 0.103. The summed E-state index contributed by atoms with van der Waals surface area (Å²) in [4.78, 5) is 12.3. The fourth-order valence-corrected chi connectivity index (χ4v) is 2.71. The summed E-state index contributed by atoms with van der Waals surface area (Å²) in [6, 6.07) is 7.58. The van der Waals surface area contributed by atoms with E-state index in [-0.39, 0.29) is 16.4 Å². The zero-order chi connectivity index (χ0) is 14.2. The van der Waals surface area contributed by atoms with Gasteiger partial charge in [-0.2, -0.15) is 0 Å². The van der Waals surface area contributed by atoms with Crippen molar-refractivity contribution in [2.45, 2.75) is 6.92 Å². The highest BCUT2D eigenvalue weighted by atomic mass is 79.9. The number of carbonyl (C=O) groups is 1. The summed E-state index contributed by atoms with van der Waals surface area (Å²) in [5.74, 6) is -0.863. The number of ketones is 1. The Morgan fingerprint density at radius 2 is 1.84 bits per heavy atom. The van der Waals surface area contributed by atoms with Gasteiger partial charge in [-0.25, -0.2) is 4.39 Å². The molecule has 0 saturated carbocycles. The third-order valence-electron chi connectivity index (χ3n) is 2.67. The molecule has 5 heteroatoms. The van der Waals surface area contributed by atoms with Crippen LogP contribution in [0.4, 0.5) is 4.39 Å². The van der Waals surface area contributed by atoms with Crippen molar-refractivity contribution in [2.24, 2.45) is 0 Å². The normalized spacial score (nSPS) is 10.6. The summed E-state index contributed by atoms with van der Waals surface area (Å²) in [6.45, 7) is 1.92. The Labute approximate surface area is 132 Å². The monoisotopic (exact) mass is 404 g/mol. The van der Waals surface area contributed by atoms with Crippen molar-refractivity contribution < 1.29 is 9.18 Å². The molecule has 0 aliphatic heterocycles. The van der Waals surface area contributed by atoms with Crippen molar-refractivity contribution in [3.8, 4) is 0 Å². The van der Waals surface area contributed by atoms with Gasteiger partial charge in [0.1, 0.15) is 5.82 Å². The van der Waals surface area contributed by atoms with Gasteiger partial charge in [-0.1, -0.05) is 43.5 Å². The second-order valence-electron chi connectivity index (χ2n) is 4.04. The Balaban J connectivity index is 2.49. The lowest BCUT2D eigenvalue weighted by Crippen LogP contribution is -2.03. The Morgan fingerprint density at radius 1 is 1.16 bits per heavy atom. The number of halogens is 4. The lowest BCUT2D eigenvalue weighted by Gasteiger charge is -2.07. The highest BCUT2D eigenvalue weighted by Gasteiger charge is 2.15. The first-order chi connectivity index (χ1) is 8.90. The largest absolute Gasteiger partial charge is 0.289 e. The van der Waals surface area contributed by atoms with E-state index < -0.39 is 5.82 Å². The van der Waals surface area contributed by atoms with Crippen LogP contribution in [-0.4, -0.2) is 5.78 Å². The molecule has 0 unspecified atom stereocenters. The summed E-state index contributed by atoms with van der Waals surface area (Å²) < 4.78 is 14.9. The van der Waals surface area contributed by atoms with E-state index in [9.17, 15) is 9.18 Å². The van der Waals surface area contributed by atoms with E-state index in [1.54, 1.807) is 6.07 Å². The molecule has 0 bridgehead atoms. The minimum absolute atomic E-state index is 0.000650. The number of benzene rings is 2. The van der Waals surface area contributed by atoms with Crippen molar-refractivity contribution in [3.63, 3.8) is 0 Å². The molecule has 0 aromatic heterocycles. The maximum absolute atomic E-state index is 13.4. The quantitative estimate of drug-likeness (QED) is 0.598. The van der Waals surface area contributed by atoms with Crippen LogP contribution in [0, 0.1) is 12.7 Å². The average molecular weight is 406 g/mol. The zero-order valence-corrected chi connectivity index (χ0v) is 13.7. The summed E-state index contributed by atoms with van der Waals surface area (Å²) in [5, 5.41) is 0.000650. The van der Waals surface area contributed by atoms with Crippen LogP contribution >= 0.6 is 43.5 Å². The molecule has 0 aliphatic rings. The van der Waals surface area contributed by atoms with Gasteiger partial charge in [0.2, 0.25) is 0 Å². The molecule has 0 spiro atoms. The first-order valence-corrected chi connectivity index (χ1v) is 7.32. The predicted molar refractivity (Wildman–Crippen MR) is 81.4 cm³/mol. The van der Waals surface area contributed by atoms with Crippen molar-refractivity contribution >= 4 is 49.2 Å². The maximum atomic E-state index is 13.4. The van der Waals surface area contributed by atoms with Gasteiger partial charge in [-0.05, 0) is 42.8 Å². The van der Waals surface area contributed by atoms with E-state index in [1.807, 2.05) is 13.0 Å². The fourth-order valence-electron chi connectivity index (χ4n) is 1.61. The molecule has 1 nitrogen and oxygen atoms in total. The van der Waals surface area contributed by atoms with Crippen LogP contribution in [0.25, 0.3) is 0 Å². The third-order valence-corrected chi connectivity index (χ3v) is 4.49. The van der Waals surface area contributed by atoms with Crippen LogP contribution in [0.15, 0.2) is 39.3 Å². The lowest BCUT2D eigenvalue weighted by atomic mass is 10.0. The van der Waals surface area contributed by atoms with Crippen LogP contribution in [0.5, 0.6) is 0 Å². The molecule has 0 N–H and O–H groups in total. The number of rotatable bonds is 2. The zero-order valence-electron chi connectivity index (χ0n) is 9.81. The van der Waals surface area contributed by atoms with Gasteiger partial charge in [0.25, 0.3) is 0 Å². The smallest absolute Gasteiger partial charge is 0.194 e. The minimum Gasteiger partial charge on any atom is -0.289 e. The molecular formula is C14H8Br2ClFO. The van der Waals surface area contributed by atoms with Gasteiger partial charge in [0.15, 0.2) is 5.78 Å². The first-order valence-electron chi connectivity index (χ1n) is 5.35. The second kappa shape index (κ2) is 5.73. The first kappa shape index (κ1) is 14.7. The van der Waals surface area contributed by atoms with Crippen molar-refractivity contribution in [1.29, 1.82) is 0 Å². The van der Waals surface area contributed by atoms with Crippen LogP contribution in [0.3, 0.4) is 0 Å². The molecular weight excluding hydrogens is 398 g/mol. The molecule has 2 aromatic carbocycles. The molecule has 0 aliphatic carbocycles. The predicted octanol–water partition coefficient (Wildman–Crippen LogP) is 5.54. The van der Waals surface area contributed by atoms with Crippen LogP contribution in [0.2, 0.25) is 5.02 Å². The number of carbonyl (C=O) groups excluding carboxylic acids is 1. The van der Waals surface area contributed by atoms with Gasteiger partial charge >= 0.3 is 0 Å². The summed E-state index contributed by atoms with van der Waals surface area (Å²) in [5.41, 5.74) is 1.74. The second-order valence-corrected chi connectivity index (χ2v) is 6.16. The van der Waals surface area contributed by atoms with E-state index in [0.717, 1.165) is 16.1 Å². The van der Waals surface area contributed by atoms with Crippen molar-refractivity contribution in [1.82, 2.24) is 0 Å². The van der Waals surface area contributed by atoms with E-state index in [1.165, 1.54) is 12.1 Å². The molecule has 0 fully saturated rings. The van der Waals surface area contributed by atoms with E-state index >= 15 is 0 Å². The van der Waals surface area contributed by atoms with Crippen LogP contribution in [-0.2, 0) is 0 Å². The van der Waals surface area contributed by atoms with E-state index in [2.05, 4.69) is 31.9 Å². The molecule has 0 heterocycles. The van der Waals surface area contributed by atoms with Gasteiger partial charge in [0, 0.05) is 20.1 Å². The highest BCUT2D eigenvalue weighted by molar-refractivity contribution is 9.11. The van der Waals surface area contributed by atoms with Gasteiger partial charge in [0.05, 0.1) is 5.02 Å². The van der Waals surface area contributed by atoms with Gasteiger partial charge in [-0.3, -0.25) is 4.79 Å². The minimum atomic E-state index is -0.602. The number of hydrogen-bond acceptors (Lipinski definition) is 1. The van der Waals surface area contributed by atoms with E-state index in [4.69, 9.17) is 11.6 Å². The van der Waals surface area contributed by atoms with Gasteiger partial charge in [-0.15, -0.1) is 0 Å². The maximum Gasteiger partial charge on any atom is 0.194 e. The SMILES string of the molecule is Cc1cc(Br)c(C(=O)c2ccc(Cl)c(F)c2)cc1Br. The van der Waals surface area contributed by atoms with Gasteiger partial charge < -0.3 is 0 Å². The summed E-state index contributed by atoms with van der Waals surface area (Å²) >= 11 is 12.3. The summed E-state index contributed by atoms with van der Waals surface area (Å²) in [6.07, 6.45) is 0. The Kier molecular flexibility index (Phi) is 4.43. The molecule has 0 saturated heterocycles.